The summed E-state index contributed by atoms with van der Waals surface area (Å²) in [6.07, 6.45) is 6.29. The standard InChI is InChI=1S/C9H15N/c1-4-7-8(5-2)9(10)6-3/h4-6,8-9H,1-3,7,10H2. The predicted octanol–water partition coefficient (Wildman–Crippen LogP) is 1.88. The fourth-order valence-corrected chi connectivity index (χ4v) is 0.778. The first-order chi connectivity index (χ1) is 4.76. The van der Waals surface area contributed by atoms with E-state index in [1.807, 2.05) is 12.2 Å². The van der Waals surface area contributed by atoms with Crippen LogP contribution in [0.25, 0.3) is 0 Å². The summed E-state index contributed by atoms with van der Waals surface area (Å²) in [5.41, 5.74) is 5.68. The third-order valence-electron chi connectivity index (χ3n) is 1.51. The van der Waals surface area contributed by atoms with E-state index in [1.165, 1.54) is 0 Å². The molecule has 0 spiro atoms. The lowest BCUT2D eigenvalue weighted by molar-refractivity contribution is 0.586. The van der Waals surface area contributed by atoms with Crippen LogP contribution in [0.5, 0.6) is 0 Å². The lowest BCUT2D eigenvalue weighted by atomic mass is 9.97. The fourth-order valence-electron chi connectivity index (χ4n) is 0.778. The summed E-state index contributed by atoms with van der Waals surface area (Å²) in [5.74, 6) is 0.287. The molecule has 56 valence electrons. The van der Waals surface area contributed by atoms with Crippen LogP contribution in [0.1, 0.15) is 6.42 Å². The minimum Gasteiger partial charge on any atom is -0.324 e. The molecule has 2 atom stereocenters. The zero-order valence-electron chi connectivity index (χ0n) is 6.29. The normalized spacial score (nSPS) is 15.3. The highest BCUT2D eigenvalue weighted by Gasteiger charge is 2.07. The molecule has 0 fully saturated rings. The van der Waals surface area contributed by atoms with Gasteiger partial charge >= 0.3 is 0 Å². The van der Waals surface area contributed by atoms with E-state index < -0.39 is 0 Å². The van der Waals surface area contributed by atoms with Crippen LogP contribution in [-0.2, 0) is 0 Å². The van der Waals surface area contributed by atoms with Gasteiger partial charge in [-0.25, -0.2) is 0 Å². The molecule has 1 nitrogen and oxygen atoms in total. The predicted molar refractivity (Wildman–Crippen MR) is 46.7 cm³/mol. The lowest BCUT2D eigenvalue weighted by Gasteiger charge is -2.14. The van der Waals surface area contributed by atoms with Crippen LogP contribution >= 0.6 is 0 Å². The van der Waals surface area contributed by atoms with Gasteiger partial charge in [0.15, 0.2) is 0 Å². The Morgan fingerprint density at radius 3 is 2.10 bits per heavy atom. The molecule has 2 unspecified atom stereocenters. The maximum Gasteiger partial charge on any atom is 0.0287 e. The first kappa shape index (κ1) is 9.18. The van der Waals surface area contributed by atoms with Crippen molar-refractivity contribution >= 4 is 0 Å². The van der Waals surface area contributed by atoms with Crippen LogP contribution in [-0.4, -0.2) is 6.04 Å². The summed E-state index contributed by atoms with van der Waals surface area (Å²) >= 11 is 0. The van der Waals surface area contributed by atoms with Gasteiger partial charge in [0.1, 0.15) is 0 Å². The van der Waals surface area contributed by atoms with Gasteiger partial charge in [-0.3, -0.25) is 0 Å². The van der Waals surface area contributed by atoms with Crippen molar-refractivity contribution in [3.05, 3.63) is 38.0 Å². The second-order valence-electron chi connectivity index (χ2n) is 2.24. The van der Waals surface area contributed by atoms with Gasteiger partial charge in [-0.2, -0.15) is 0 Å². The molecule has 0 aliphatic heterocycles. The Balaban J connectivity index is 3.90. The zero-order chi connectivity index (χ0) is 7.98. The summed E-state index contributed by atoms with van der Waals surface area (Å²) in [4.78, 5) is 0. The Morgan fingerprint density at radius 2 is 1.80 bits per heavy atom. The average molecular weight is 137 g/mol. The largest absolute Gasteiger partial charge is 0.324 e. The van der Waals surface area contributed by atoms with E-state index in [1.54, 1.807) is 6.08 Å². The van der Waals surface area contributed by atoms with E-state index in [2.05, 4.69) is 19.7 Å². The summed E-state index contributed by atoms with van der Waals surface area (Å²) < 4.78 is 0. The number of hydrogen-bond donors (Lipinski definition) is 1. The Hall–Kier alpha value is -0.820. The molecule has 0 aromatic carbocycles. The second-order valence-corrected chi connectivity index (χ2v) is 2.24. The van der Waals surface area contributed by atoms with Gasteiger partial charge in [-0.15, -0.1) is 19.7 Å². The molecular formula is C9H15N. The molecule has 0 amide bonds. The van der Waals surface area contributed by atoms with Crippen LogP contribution in [0.4, 0.5) is 0 Å². The van der Waals surface area contributed by atoms with Crippen molar-refractivity contribution < 1.29 is 0 Å². The van der Waals surface area contributed by atoms with Crippen LogP contribution in [0, 0.1) is 5.92 Å². The van der Waals surface area contributed by atoms with Crippen LogP contribution in [0.3, 0.4) is 0 Å². The first-order valence-corrected chi connectivity index (χ1v) is 3.37. The van der Waals surface area contributed by atoms with Gasteiger partial charge in [0.25, 0.3) is 0 Å². The Labute approximate surface area is 62.9 Å². The Morgan fingerprint density at radius 1 is 1.20 bits per heavy atom. The van der Waals surface area contributed by atoms with Crippen molar-refractivity contribution in [1.29, 1.82) is 0 Å². The Kier molecular flexibility index (Phi) is 4.59. The van der Waals surface area contributed by atoms with Crippen LogP contribution in [0.15, 0.2) is 38.0 Å². The molecule has 10 heavy (non-hydrogen) atoms. The minimum absolute atomic E-state index is 0.00972. The molecule has 0 aromatic rings. The van der Waals surface area contributed by atoms with Gasteiger partial charge in [-0.1, -0.05) is 18.2 Å². The van der Waals surface area contributed by atoms with Crippen molar-refractivity contribution in [2.24, 2.45) is 11.7 Å². The molecule has 1 heteroatoms. The zero-order valence-corrected chi connectivity index (χ0v) is 6.29. The van der Waals surface area contributed by atoms with Gasteiger partial charge in [0, 0.05) is 6.04 Å². The fraction of sp³-hybridized carbons (Fsp3) is 0.333. The SMILES string of the molecule is C=CCC(C=C)C(N)C=C. The molecule has 0 saturated heterocycles. The lowest BCUT2D eigenvalue weighted by Crippen LogP contribution is -2.25. The first-order valence-electron chi connectivity index (χ1n) is 3.37. The van der Waals surface area contributed by atoms with Crippen molar-refractivity contribution in [3.63, 3.8) is 0 Å². The molecule has 0 heterocycles. The highest BCUT2D eigenvalue weighted by molar-refractivity contribution is 4.98. The maximum absolute atomic E-state index is 5.68. The van der Waals surface area contributed by atoms with E-state index in [9.17, 15) is 0 Å². The molecular weight excluding hydrogens is 122 g/mol. The topological polar surface area (TPSA) is 26.0 Å². The Bertz CT molecular complexity index is 127. The molecule has 0 aliphatic rings. The quantitative estimate of drug-likeness (QED) is 0.575. The van der Waals surface area contributed by atoms with E-state index in [-0.39, 0.29) is 12.0 Å². The van der Waals surface area contributed by atoms with Gasteiger partial charge in [0.05, 0.1) is 0 Å². The van der Waals surface area contributed by atoms with Gasteiger partial charge < -0.3 is 5.73 Å². The van der Waals surface area contributed by atoms with Gasteiger partial charge in [0.2, 0.25) is 0 Å². The molecule has 0 radical (unpaired) electrons. The van der Waals surface area contributed by atoms with Crippen LogP contribution < -0.4 is 5.73 Å². The molecule has 0 bridgehead atoms. The minimum atomic E-state index is 0.00972. The number of hydrogen-bond acceptors (Lipinski definition) is 1. The number of allylic oxidation sites excluding steroid dienone is 1. The smallest absolute Gasteiger partial charge is 0.0287 e. The van der Waals surface area contributed by atoms with Gasteiger partial charge in [-0.05, 0) is 12.3 Å². The van der Waals surface area contributed by atoms with E-state index in [0.29, 0.717) is 0 Å². The molecule has 0 rings (SSSR count). The highest BCUT2D eigenvalue weighted by Crippen LogP contribution is 2.09. The summed E-state index contributed by atoms with van der Waals surface area (Å²) in [6, 6.07) is 0.00972. The van der Waals surface area contributed by atoms with E-state index >= 15 is 0 Å². The number of rotatable bonds is 5. The third-order valence-corrected chi connectivity index (χ3v) is 1.51. The third kappa shape index (κ3) is 2.65. The maximum atomic E-state index is 5.68. The molecule has 0 aliphatic carbocycles. The molecule has 2 N–H and O–H groups in total. The van der Waals surface area contributed by atoms with E-state index in [4.69, 9.17) is 5.73 Å². The summed E-state index contributed by atoms with van der Waals surface area (Å²) in [5, 5.41) is 0. The van der Waals surface area contributed by atoms with Crippen molar-refractivity contribution in [3.8, 4) is 0 Å². The molecule has 0 aromatic heterocycles. The monoisotopic (exact) mass is 137 g/mol. The van der Waals surface area contributed by atoms with E-state index in [0.717, 1.165) is 6.42 Å². The summed E-state index contributed by atoms with van der Waals surface area (Å²) in [7, 11) is 0. The van der Waals surface area contributed by atoms with Crippen molar-refractivity contribution in [2.45, 2.75) is 12.5 Å². The van der Waals surface area contributed by atoms with Crippen LogP contribution in [0.2, 0.25) is 0 Å². The molecule has 0 saturated carbocycles. The number of nitrogens with two attached hydrogens (primary N) is 1. The second kappa shape index (κ2) is 5.00. The van der Waals surface area contributed by atoms with Crippen molar-refractivity contribution in [1.82, 2.24) is 0 Å². The highest BCUT2D eigenvalue weighted by atomic mass is 14.6. The summed E-state index contributed by atoms with van der Waals surface area (Å²) in [6.45, 7) is 10.9. The van der Waals surface area contributed by atoms with Crippen molar-refractivity contribution in [2.75, 3.05) is 0 Å². The average Bonchev–Trinajstić information content (AvgIpc) is 1.99.